The van der Waals surface area contributed by atoms with E-state index in [-0.39, 0.29) is 24.2 Å². The Bertz CT molecular complexity index is 1060. The van der Waals surface area contributed by atoms with Gasteiger partial charge in [0.25, 0.3) is 0 Å². The molecule has 7 heteroatoms. The third-order valence-electron chi connectivity index (χ3n) is 4.70. The standard InChI is InChI=1S/C21H17N3O4/c1-13-17-11-15(5-8-18(17)23-20(13)26)19(25)12-28-21(27)14-3-6-16(7-4-14)24-10-2-9-22-24/h2-11,13H,12H2,1H3,(H,23,26)/t13-/m0/s1. The molecule has 1 atom stereocenters. The molecule has 1 aromatic heterocycles. The molecular formula is C21H17N3O4. The number of esters is 1. The van der Waals surface area contributed by atoms with Crippen LogP contribution in [0.1, 0.15) is 39.1 Å². The lowest BCUT2D eigenvalue weighted by atomic mass is 9.99. The summed E-state index contributed by atoms with van der Waals surface area (Å²) in [5.41, 5.74) is 3.05. The Morgan fingerprint density at radius 2 is 1.89 bits per heavy atom. The molecule has 2 heterocycles. The minimum absolute atomic E-state index is 0.0930. The molecule has 2 aromatic carbocycles. The number of aromatic nitrogens is 2. The zero-order chi connectivity index (χ0) is 19.7. The number of carbonyl (C=O) groups is 3. The zero-order valence-electron chi connectivity index (χ0n) is 15.1. The highest BCUT2D eigenvalue weighted by atomic mass is 16.5. The van der Waals surface area contributed by atoms with Crippen molar-refractivity contribution < 1.29 is 19.1 Å². The molecule has 140 valence electrons. The summed E-state index contributed by atoms with van der Waals surface area (Å²) >= 11 is 0. The molecule has 0 saturated heterocycles. The summed E-state index contributed by atoms with van der Waals surface area (Å²) in [6.45, 7) is 1.41. The molecule has 0 saturated carbocycles. The SMILES string of the molecule is C[C@@H]1C(=O)Nc2ccc(C(=O)COC(=O)c3ccc(-n4cccn4)cc3)cc21. The van der Waals surface area contributed by atoms with Crippen LogP contribution in [0, 0.1) is 0 Å². The fourth-order valence-electron chi connectivity index (χ4n) is 3.06. The summed E-state index contributed by atoms with van der Waals surface area (Å²) < 4.78 is 6.82. The van der Waals surface area contributed by atoms with Gasteiger partial charge in [0, 0.05) is 23.6 Å². The van der Waals surface area contributed by atoms with E-state index in [1.54, 1.807) is 72.5 Å². The minimum Gasteiger partial charge on any atom is -0.454 e. The maximum absolute atomic E-state index is 12.4. The van der Waals surface area contributed by atoms with Gasteiger partial charge in [-0.3, -0.25) is 9.59 Å². The van der Waals surface area contributed by atoms with Crippen molar-refractivity contribution in [3.63, 3.8) is 0 Å². The summed E-state index contributed by atoms with van der Waals surface area (Å²) in [4.78, 5) is 36.3. The summed E-state index contributed by atoms with van der Waals surface area (Å²) in [5, 5.41) is 6.88. The van der Waals surface area contributed by atoms with Crippen molar-refractivity contribution in [2.75, 3.05) is 11.9 Å². The highest BCUT2D eigenvalue weighted by Gasteiger charge is 2.27. The predicted octanol–water partition coefficient (Wildman–Crippen LogP) is 2.97. The van der Waals surface area contributed by atoms with Gasteiger partial charge in [0.1, 0.15) is 0 Å². The summed E-state index contributed by atoms with van der Waals surface area (Å²) in [6.07, 6.45) is 3.46. The van der Waals surface area contributed by atoms with Gasteiger partial charge in [-0.2, -0.15) is 5.10 Å². The molecule has 0 bridgehead atoms. The summed E-state index contributed by atoms with van der Waals surface area (Å²) in [7, 11) is 0. The first kappa shape index (κ1) is 17.7. The van der Waals surface area contributed by atoms with Crippen LogP contribution < -0.4 is 5.32 Å². The number of ether oxygens (including phenoxy) is 1. The number of rotatable bonds is 5. The number of nitrogens with zero attached hydrogens (tertiary/aromatic N) is 2. The molecule has 1 aliphatic heterocycles. The van der Waals surface area contributed by atoms with Crippen LogP contribution in [0.2, 0.25) is 0 Å². The fraction of sp³-hybridized carbons (Fsp3) is 0.143. The molecule has 1 N–H and O–H groups in total. The molecule has 1 amide bonds. The van der Waals surface area contributed by atoms with Crippen molar-refractivity contribution in [3.05, 3.63) is 77.6 Å². The number of fused-ring (bicyclic) bond motifs is 1. The van der Waals surface area contributed by atoms with Crippen molar-refractivity contribution in [1.29, 1.82) is 0 Å². The second-order valence-corrected chi connectivity index (χ2v) is 6.51. The van der Waals surface area contributed by atoms with Gasteiger partial charge < -0.3 is 10.1 Å². The number of hydrogen-bond acceptors (Lipinski definition) is 5. The molecule has 4 rings (SSSR count). The zero-order valence-corrected chi connectivity index (χ0v) is 15.1. The highest BCUT2D eigenvalue weighted by Crippen LogP contribution is 2.32. The van der Waals surface area contributed by atoms with Crippen LogP contribution in [0.3, 0.4) is 0 Å². The van der Waals surface area contributed by atoms with Crippen molar-refractivity contribution in [1.82, 2.24) is 9.78 Å². The fourth-order valence-corrected chi connectivity index (χ4v) is 3.06. The Morgan fingerprint density at radius 1 is 1.14 bits per heavy atom. The molecule has 28 heavy (non-hydrogen) atoms. The number of benzene rings is 2. The van der Waals surface area contributed by atoms with Gasteiger partial charge in [0.15, 0.2) is 12.4 Å². The monoisotopic (exact) mass is 375 g/mol. The Kier molecular flexibility index (Phi) is 4.49. The van der Waals surface area contributed by atoms with Crippen LogP contribution in [-0.2, 0) is 9.53 Å². The van der Waals surface area contributed by atoms with Crippen LogP contribution >= 0.6 is 0 Å². The molecule has 0 spiro atoms. The first-order valence-electron chi connectivity index (χ1n) is 8.78. The second kappa shape index (κ2) is 7.11. The number of amides is 1. The number of ketones is 1. The highest BCUT2D eigenvalue weighted by molar-refractivity contribution is 6.05. The van der Waals surface area contributed by atoms with Gasteiger partial charge in [-0.05, 0) is 61.0 Å². The average molecular weight is 375 g/mol. The smallest absolute Gasteiger partial charge is 0.338 e. The molecule has 0 radical (unpaired) electrons. The van der Waals surface area contributed by atoms with Crippen LogP contribution in [0.4, 0.5) is 5.69 Å². The van der Waals surface area contributed by atoms with E-state index >= 15 is 0 Å². The van der Waals surface area contributed by atoms with Crippen LogP contribution in [0.25, 0.3) is 5.69 Å². The number of nitrogens with one attached hydrogen (secondary N) is 1. The maximum atomic E-state index is 12.4. The lowest BCUT2D eigenvalue weighted by molar-refractivity contribution is -0.116. The molecule has 0 aliphatic carbocycles. The number of anilines is 1. The van der Waals surface area contributed by atoms with Crippen LogP contribution in [-0.4, -0.2) is 34.0 Å². The van der Waals surface area contributed by atoms with Gasteiger partial charge >= 0.3 is 5.97 Å². The summed E-state index contributed by atoms with van der Waals surface area (Å²) in [5.74, 6) is -1.30. The third kappa shape index (κ3) is 3.29. The van der Waals surface area contributed by atoms with Gasteiger partial charge in [0.05, 0.1) is 17.2 Å². The number of hydrogen-bond donors (Lipinski definition) is 1. The van der Waals surface area contributed by atoms with Crippen molar-refractivity contribution in [2.45, 2.75) is 12.8 Å². The molecule has 0 fully saturated rings. The molecular weight excluding hydrogens is 358 g/mol. The van der Waals surface area contributed by atoms with E-state index in [9.17, 15) is 14.4 Å². The third-order valence-corrected chi connectivity index (χ3v) is 4.70. The van der Waals surface area contributed by atoms with Gasteiger partial charge in [-0.1, -0.05) is 0 Å². The molecule has 7 nitrogen and oxygen atoms in total. The predicted molar refractivity (Wildman–Crippen MR) is 102 cm³/mol. The van der Waals surface area contributed by atoms with E-state index in [0.29, 0.717) is 16.8 Å². The normalized spacial score (nSPS) is 15.0. The quantitative estimate of drug-likeness (QED) is 0.547. The second-order valence-electron chi connectivity index (χ2n) is 6.51. The maximum Gasteiger partial charge on any atom is 0.338 e. The van der Waals surface area contributed by atoms with Gasteiger partial charge in [-0.15, -0.1) is 0 Å². The van der Waals surface area contributed by atoms with E-state index in [1.807, 2.05) is 0 Å². The van der Waals surface area contributed by atoms with Gasteiger partial charge in [-0.25, -0.2) is 9.48 Å². The van der Waals surface area contributed by atoms with E-state index < -0.39 is 5.97 Å². The van der Waals surface area contributed by atoms with Crippen molar-refractivity contribution in [2.24, 2.45) is 0 Å². The van der Waals surface area contributed by atoms with Gasteiger partial charge in [0.2, 0.25) is 5.91 Å². The van der Waals surface area contributed by atoms with Crippen molar-refractivity contribution in [3.8, 4) is 5.69 Å². The number of Topliss-reactive ketones (excluding diaryl/α,β-unsaturated/α-hetero) is 1. The topological polar surface area (TPSA) is 90.3 Å². The minimum atomic E-state index is -0.577. The van der Waals surface area contributed by atoms with E-state index in [0.717, 1.165) is 11.3 Å². The first-order valence-corrected chi connectivity index (χ1v) is 8.78. The number of carbonyl (C=O) groups excluding carboxylic acids is 3. The molecule has 0 unspecified atom stereocenters. The van der Waals surface area contributed by atoms with E-state index in [2.05, 4.69) is 10.4 Å². The van der Waals surface area contributed by atoms with E-state index in [4.69, 9.17) is 4.74 Å². The van der Waals surface area contributed by atoms with E-state index in [1.165, 1.54) is 0 Å². The Morgan fingerprint density at radius 3 is 2.61 bits per heavy atom. The Labute approximate surface area is 160 Å². The van der Waals surface area contributed by atoms with Crippen LogP contribution in [0.15, 0.2) is 60.9 Å². The lowest BCUT2D eigenvalue weighted by Gasteiger charge is -2.07. The first-order chi connectivity index (χ1) is 13.5. The van der Waals surface area contributed by atoms with Crippen LogP contribution in [0.5, 0.6) is 0 Å². The summed E-state index contributed by atoms with van der Waals surface area (Å²) in [6, 6.07) is 13.5. The Balaban J connectivity index is 1.40. The Hall–Kier alpha value is -3.74. The van der Waals surface area contributed by atoms with Crippen molar-refractivity contribution >= 4 is 23.3 Å². The molecule has 1 aliphatic rings. The molecule has 3 aromatic rings. The average Bonchev–Trinajstić information content (AvgIpc) is 3.35. The lowest BCUT2D eigenvalue weighted by Crippen LogP contribution is -2.14. The largest absolute Gasteiger partial charge is 0.454 e.